The van der Waals surface area contributed by atoms with Crippen LogP contribution in [0.15, 0.2) is 24.4 Å². The van der Waals surface area contributed by atoms with Gasteiger partial charge in [0.1, 0.15) is 0 Å². The van der Waals surface area contributed by atoms with Gasteiger partial charge in [0.2, 0.25) is 0 Å². The van der Waals surface area contributed by atoms with Crippen molar-refractivity contribution in [1.82, 2.24) is 4.98 Å². The number of rotatable bonds is 1. The van der Waals surface area contributed by atoms with Gasteiger partial charge in [0.05, 0.1) is 11.1 Å². The van der Waals surface area contributed by atoms with Crippen LogP contribution in [0.2, 0.25) is 0 Å². The van der Waals surface area contributed by atoms with Crippen LogP contribution < -0.4 is 0 Å². The summed E-state index contributed by atoms with van der Waals surface area (Å²) >= 11 is 0. The summed E-state index contributed by atoms with van der Waals surface area (Å²) in [5.41, 5.74) is -1.88. The Kier molecular flexibility index (Phi) is 2.83. The van der Waals surface area contributed by atoms with Crippen molar-refractivity contribution in [2.75, 3.05) is 0 Å². The molecule has 0 radical (unpaired) electrons. The predicted octanol–water partition coefficient (Wildman–Crippen LogP) is 3.93. The minimum atomic E-state index is -5.07. The number of hydrogen-bond acceptors (Lipinski definition) is 1. The molecule has 1 aromatic heterocycles. The number of aromatic nitrogens is 1. The summed E-state index contributed by atoms with van der Waals surface area (Å²) in [5.74, 6) is -2.10. The molecule has 2 rings (SSSR count). The van der Waals surface area contributed by atoms with Crippen LogP contribution in [0.4, 0.5) is 26.3 Å². The van der Waals surface area contributed by atoms with Crippen molar-refractivity contribution >= 4 is 16.7 Å². The second kappa shape index (κ2) is 4.01. The van der Waals surface area contributed by atoms with Crippen molar-refractivity contribution < 1.29 is 31.1 Å². The lowest BCUT2D eigenvalue weighted by Crippen LogP contribution is -2.22. The molecule has 1 aromatic carbocycles. The molecule has 8 heteroatoms. The molecule has 0 aliphatic carbocycles. The normalized spacial score (nSPS) is 12.9. The lowest BCUT2D eigenvalue weighted by molar-refractivity contribution is -0.137. The van der Waals surface area contributed by atoms with Crippen LogP contribution in [-0.4, -0.2) is 16.9 Å². The Bertz CT molecular complexity index is 637. The zero-order valence-electron chi connectivity index (χ0n) is 8.99. The number of carbonyl (C=O) groups is 1. The number of aromatic amines is 1. The van der Waals surface area contributed by atoms with Crippen LogP contribution in [-0.2, 0) is 6.18 Å². The first-order valence-corrected chi connectivity index (χ1v) is 4.90. The van der Waals surface area contributed by atoms with E-state index in [-0.39, 0.29) is 10.9 Å². The number of nitrogens with one attached hydrogen (secondary N) is 1. The van der Waals surface area contributed by atoms with Crippen molar-refractivity contribution in [2.24, 2.45) is 0 Å². The fraction of sp³-hybridized carbons (Fsp3) is 0.182. The third-order valence-electron chi connectivity index (χ3n) is 2.51. The molecule has 0 fully saturated rings. The quantitative estimate of drug-likeness (QED) is 0.623. The maximum atomic E-state index is 12.4. The highest BCUT2D eigenvalue weighted by atomic mass is 19.4. The lowest BCUT2D eigenvalue weighted by Gasteiger charge is -2.07. The first-order chi connectivity index (χ1) is 8.60. The first-order valence-electron chi connectivity index (χ1n) is 4.90. The molecule has 0 aliphatic heterocycles. The average molecular weight is 281 g/mol. The van der Waals surface area contributed by atoms with Crippen LogP contribution in [0.25, 0.3) is 10.9 Å². The molecular weight excluding hydrogens is 276 g/mol. The number of carbonyl (C=O) groups excluding carboxylic acids is 1. The Hall–Kier alpha value is -1.99. The SMILES string of the molecule is O=C(c1c[nH]c2cc(C(F)(F)F)ccc12)C(F)(F)F. The van der Waals surface area contributed by atoms with E-state index in [2.05, 4.69) is 4.98 Å². The van der Waals surface area contributed by atoms with Gasteiger partial charge in [0.15, 0.2) is 0 Å². The molecule has 0 spiro atoms. The molecule has 0 amide bonds. The van der Waals surface area contributed by atoms with Gasteiger partial charge < -0.3 is 4.98 Å². The summed E-state index contributed by atoms with van der Waals surface area (Å²) in [6.45, 7) is 0. The number of H-pyrrole nitrogens is 1. The largest absolute Gasteiger partial charge is 0.454 e. The summed E-state index contributed by atoms with van der Waals surface area (Å²) in [5, 5.41) is -0.199. The van der Waals surface area contributed by atoms with Gasteiger partial charge in [-0.05, 0) is 12.1 Å². The molecule has 1 heterocycles. The molecule has 0 atom stereocenters. The van der Waals surface area contributed by atoms with Crippen molar-refractivity contribution in [2.45, 2.75) is 12.4 Å². The number of ketones is 1. The molecule has 0 saturated carbocycles. The Morgan fingerprint density at radius 1 is 1.05 bits per heavy atom. The third-order valence-corrected chi connectivity index (χ3v) is 2.51. The summed E-state index contributed by atoms with van der Waals surface area (Å²) in [4.78, 5) is 13.3. The monoisotopic (exact) mass is 281 g/mol. The van der Waals surface area contributed by atoms with Crippen LogP contribution in [0.5, 0.6) is 0 Å². The van der Waals surface area contributed by atoms with Crippen LogP contribution in [0, 0.1) is 0 Å². The zero-order chi connectivity index (χ0) is 14.4. The van der Waals surface area contributed by atoms with E-state index in [9.17, 15) is 31.1 Å². The Morgan fingerprint density at radius 3 is 2.21 bits per heavy atom. The standard InChI is InChI=1S/C11H5F6NO/c12-10(13,14)5-1-2-6-7(4-18-8(6)3-5)9(19)11(15,16)17/h1-4,18H. The number of benzene rings is 1. The first kappa shape index (κ1) is 13.4. The van der Waals surface area contributed by atoms with E-state index in [0.717, 1.165) is 12.3 Å². The van der Waals surface area contributed by atoms with Gasteiger partial charge in [-0.25, -0.2) is 0 Å². The van der Waals surface area contributed by atoms with E-state index in [4.69, 9.17) is 0 Å². The molecule has 0 bridgehead atoms. The minimum Gasteiger partial charge on any atom is -0.360 e. The fourth-order valence-electron chi connectivity index (χ4n) is 1.64. The highest BCUT2D eigenvalue weighted by Crippen LogP contribution is 2.33. The van der Waals surface area contributed by atoms with Crippen molar-refractivity contribution in [3.05, 3.63) is 35.5 Å². The van der Waals surface area contributed by atoms with Crippen LogP contribution in [0.1, 0.15) is 15.9 Å². The molecule has 19 heavy (non-hydrogen) atoms. The van der Waals surface area contributed by atoms with Crippen LogP contribution in [0.3, 0.4) is 0 Å². The van der Waals surface area contributed by atoms with Crippen LogP contribution >= 0.6 is 0 Å². The number of Topliss-reactive ketones (excluding diaryl/α,β-unsaturated/α-hetero) is 1. The highest BCUT2D eigenvalue weighted by molar-refractivity contribution is 6.10. The van der Waals surface area contributed by atoms with Gasteiger partial charge >= 0.3 is 12.4 Å². The second-order valence-corrected chi connectivity index (χ2v) is 3.79. The summed E-state index contributed by atoms with van der Waals surface area (Å²) < 4.78 is 74.0. The van der Waals surface area contributed by atoms with E-state index >= 15 is 0 Å². The third kappa shape index (κ3) is 2.42. The molecular formula is C11H5F6NO. The van der Waals surface area contributed by atoms with Gasteiger partial charge in [0.25, 0.3) is 5.78 Å². The summed E-state index contributed by atoms with van der Waals surface area (Å²) in [6.07, 6.45) is -8.92. The molecule has 0 unspecified atom stereocenters. The maximum absolute atomic E-state index is 12.4. The smallest absolute Gasteiger partial charge is 0.360 e. The minimum absolute atomic E-state index is 0.178. The second-order valence-electron chi connectivity index (χ2n) is 3.79. The van der Waals surface area contributed by atoms with Crippen molar-refractivity contribution in [3.8, 4) is 0 Å². The van der Waals surface area contributed by atoms with E-state index in [1.807, 2.05) is 0 Å². The van der Waals surface area contributed by atoms with Gasteiger partial charge in [-0.3, -0.25) is 4.79 Å². The Balaban J connectivity index is 2.55. The summed E-state index contributed by atoms with van der Waals surface area (Å²) in [6, 6.07) is 2.12. The lowest BCUT2D eigenvalue weighted by atomic mass is 10.1. The van der Waals surface area contributed by atoms with Gasteiger partial charge in [-0.2, -0.15) is 26.3 Å². The summed E-state index contributed by atoms with van der Waals surface area (Å²) in [7, 11) is 0. The molecule has 1 N–H and O–H groups in total. The molecule has 0 aliphatic rings. The van der Waals surface area contributed by atoms with E-state index in [1.54, 1.807) is 0 Å². The van der Waals surface area contributed by atoms with Gasteiger partial charge in [-0.1, -0.05) is 6.07 Å². The molecule has 0 saturated heterocycles. The van der Waals surface area contributed by atoms with E-state index < -0.39 is 29.3 Å². The molecule has 2 nitrogen and oxygen atoms in total. The van der Waals surface area contributed by atoms with Crippen molar-refractivity contribution in [3.63, 3.8) is 0 Å². The van der Waals surface area contributed by atoms with E-state index in [0.29, 0.717) is 12.1 Å². The topological polar surface area (TPSA) is 32.9 Å². The number of hydrogen-bond donors (Lipinski definition) is 1. The fourth-order valence-corrected chi connectivity index (χ4v) is 1.64. The number of alkyl halides is 6. The Labute approximate surface area is 102 Å². The highest BCUT2D eigenvalue weighted by Gasteiger charge is 2.40. The Morgan fingerprint density at radius 2 is 1.68 bits per heavy atom. The number of halogens is 6. The molecule has 2 aromatic rings. The van der Waals surface area contributed by atoms with Crippen molar-refractivity contribution in [1.29, 1.82) is 0 Å². The van der Waals surface area contributed by atoms with Gasteiger partial charge in [-0.15, -0.1) is 0 Å². The maximum Gasteiger partial charge on any atom is 0.454 e. The predicted molar refractivity (Wildman–Crippen MR) is 53.7 cm³/mol. The average Bonchev–Trinajstić information content (AvgIpc) is 2.67. The number of fused-ring (bicyclic) bond motifs is 1. The molecule has 102 valence electrons. The van der Waals surface area contributed by atoms with Gasteiger partial charge in [0, 0.05) is 17.1 Å². The van der Waals surface area contributed by atoms with E-state index in [1.165, 1.54) is 0 Å². The zero-order valence-corrected chi connectivity index (χ0v) is 8.99.